The predicted molar refractivity (Wildman–Crippen MR) is 95.4 cm³/mol. The molecule has 0 radical (unpaired) electrons. The number of benzene rings is 2. The Morgan fingerprint density at radius 1 is 1.04 bits per heavy atom. The quantitative estimate of drug-likeness (QED) is 0.628. The molecule has 0 N–H and O–H groups in total. The van der Waals surface area contributed by atoms with Gasteiger partial charge in [0, 0.05) is 24.9 Å². The van der Waals surface area contributed by atoms with Crippen LogP contribution in [0.15, 0.2) is 48.5 Å². The van der Waals surface area contributed by atoms with Gasteiger partial charge in [-0.1, -0.05) is 45.0 Å². The summed E-state index contributed by atoms with van der Waals surface area (Å²) in [5, 5.41) is 10.7. The van der Waals surface area contributed by atoms with Crippen LogP contribution in [0.5, 0.6) is 0 Å². The lowest BCUT2D eigenvalue weighted by atomic mass is 9.87. The molecule has 2 rings (SSSR count). The van der Waals surface area contributed by atoms with Gasteiger partial charge in [-0.2, -0.15) is 0 Å². The van der Waals surface area contributed by atoms with E-state index in [9.17, 15) is 14.9 Å². The molecule has 0 spiro atoms. The molecule has 5 nitrogen and oxygen atoms in total. The van der Waals surface area contributed by atoms with Gasteiger partial charge >= 0.3 is 0 Å². The molecular weight excluding hydrogens is 304 g/mol. The van der Waals surface area contributed by atoms with E-state index in [1.165, 1.54) is 17.7 Å². The van der Waals surface area contributed by atoms with Crippen molar-refractivity contribution >= 4 is 17.3 Å². The summed E-state index contributed by atoms with van der Waals surface area (Å²) < 4.78 is 0. The maximum absolute atomic E-state index is 12.4. The molecule has 0 aliphatic heterocycles. The Labute approximate surface area is 142 Å². The van der Waals surface area contributed by atoms with Crippen LogP contribution in [0, 0.1) is 10.1 Å². The first-order valence-electron chi connectivity index (χ1n) is 7.79. The van der Waals surface area contributed by atoms with E-state index in [1.54, 1.807) is 24.1 Å². The zero-order valence-corrected chi connectivity index (χ0v) is 14.4. The Kier molecular flexibility index (Phi) is 5.02. The minimum absolute atomic E-state index is 0.0253. The molecule has 0 bridgehead atoms. The van der Waals surface area contributed by atoms with Crippen LogP contribution >= 0.6 is 0 Å². The minimum Gasteiger partial charge on any atom is -0.315 e. The fourth-order valence-electron chi connectivity index (χ4n) is 2.36. The van der Waals surface area contributed by atoms with Gasteiger partial charge in [-0.3, -0.25) is 14.9 Å². The third-order valence-electron chi connectivity index (χ3n) is 4.00. The number of amides is 1. The average molecular weight is 326 g/mol. The number of nitro groups is 1. The van der Waals surface area contributed by atoms with Crippen LogP contribution in [0.4, 0.5) is 11.4 Å². The second-order valence-electron chi connectivity index (χ2n) is 6.85. The standard InChI is InChI=1S/C19H22N2O3/c1-19(2,3)15-7-11-16(12-8-15)20(4)18(22)13-14-5-9-17(10-6-14)21(23)24/h5-12H,13H2,1-4H3. The zero-order valence-electron chi connectivity index (χ0n) is 14.4. The Hall–Kier alpha value is -2.69. The number of carbonyl (C=O) groups excluding carboxylic acids is 1. The van der Waals surface area contributed by atoms with Crippen LogP contribution in [0.25, 0.3) is 0 Å². The topological polar surface area (TPSA) is 63.5 Å². The van der Waals surface area contributed by atoms with E-state index in [0.717, 1.165) is 11.3 Å². The molecule has 0 unspecified atom stereocenters. The van der Waals surface area contributed by atoms with Crippen molar-refractivity contribution in [3.8, 4) is 0 Å². The van der Waals surface area contributed by atoms with E-state index < -0.39 is 4.92 Å². The van der Waals surface area contributed by atoms with Crippen LogP contribution in [-0.4, -0.2) is 17.9 Å². The molecule has 1 amide bonds. The summed E-state index contributed by atoms with van der Waals surface area (Å²) in [6.45, 7) is 6.43. The Balaban J connectivity index is 2.07. The van der Waals surface area contributed by atoms with E-state index >= 15 is 0 Å². The maximum atomic E-state index is 12.4. The first-order valence-corrected chi connectivity index (χ1v) is 7.79. The highest BCUT2D eigenvalue weighted by Gasteiger charge is 2.16. The monoisotopic (exact) mass is 326 g/mol. The van der Waals surface area contributed by atoms with Crippen LogP contribution in [0.3, 0.4) is 0 Å². The molecule has 0 saturated heterocycles. The summed E-state index contributed by atoms with van der Waals surface area (Å²) in [6, 6.07) is 14.0. The molecule has 0 aliphatic carbocycles. The fourth-order valence-corrected chi connectivity index (χ4v) is 2.36. The van der Waals surface area contributed by atoms with Crippen LogP contribution in [0.1, 0.15) is 31.9 Å². The highest BCUT2D eigenvalue weighted by atomic mass is 16.6. The third-order valence-corrected chi connectivity index (χ3v) is 4.00. The van der Waals surface area contributed by atoms with Crippen molar-refractivity contribution in [3.63, 3.8) is 0 Å². The summed E-state index contributed by atoms with van der Waals surface area (Å²) >= 11 is 0. The van der Waals surface area contributed by atoms with Crippen molar-refractivity contribution in [2.75, 3.05) is 11.9 Å². The molecule has 5 heteroatoms. The Morgan fingerprint density at radius 3 is 2.04 bits per heavy atom. The molecule has 0 aliphatic rings. The number of anilines is 1. The normalized spacial score (nSPS) is 11.2. The molecule has 0 fully saturated rings. The fraction of sp³-hybridized carbons (Fsp3) is 0.316. The van der Waals surface area contributed by atoms with Gasteiger partial charge in [0.05, 0.1) is 11.3 Å². The van der Waals surface area contributed by atoms with Crippen LogP contribution in [0.2, 0.25) is 0 Å². The molecule has 0 saturated carbocycles. The van der Waals surface area contributed by atoms with Gasteiger partial charge in [0.2, 0.25) is 5.91 Å². The number of likely N-dealkylation sites (N-methyl/N-ethyl adjacent to an activating group) is 1. The second-order valence-corrected chi connectivity index (χ2v) is 6.85. The van der Waals surface area contributed by atoms with E-state index in [0.29, 0.717) is 0 Å². The lowest BCUT2D eigenvalue weighted by molar-refractivity contribution is -0.384. The van der Waals surface area contributed by atoms with E-state index in [4.69, 9.17) is 0 Å². The van der Waals surface area contributed by atoms with Crippen molar-refractivity contribution < 1.29 is 9.72 Å². The van der Waals surface area contributed by atoms with Crippen LogP contribution in [-0.2, 0) is 16.6 Å². The Bertz CT molecular complexity index is 729. The highest BCUT2D eigenvalue weighted by molar-refractivity contribution is 5.94. The first kappa shape index (κ1) is 17.7. The summed E-state index contributed by atoms with van der Waals surface area (Å²) in [5.74, 6) is -0.0626. The second kappa shape index (κ2) is 6.83. The summed E-state index contributed by atoms with van der Waals surface area (Å²) in [4.78, 5) is 24.2. The molecule has 2 aromatic rings. The minimum atomic E-state index is -0.450. The highest BCUT2D eigenvalue weighted by Crippen LogP contribution is 2.25. The van der Waals surface area contributed by atoms with Gasteiger partial charge in [0.25, 0.3) is 5.69 Å². The van der Waals surface area contributed by atoms with Gasteiger partial charge in [0.15, 0.2) is 0 Å². The molecule has 126 valence electrons. The first-order chi connectivity index (χ1) is 11.2. The van der Waals surface area contributed by atoms with Crippen LogP contribution < -0.4 is 4.90 Å². The Morgan fingerprint density at radius 2 is 1.58 bits per heavy atom. The van der Waals surface area contributed by atoms with Gasteiger partial charge in [0.1, 0.15) is 0 Å². The lowest BCUT2D eigenvalue weighted by Crippen LogP contribution is -2.27. The van der Waals surface area contributed by atoms with Crippen molar-refractivity contribution in [3.05, 3.63) is 69.8 Å². The van der Waals surface area contributed by atoms with Gasteiger partial charge in [-0.25, -0.2) is 0 Å². The van der Waals surface area contributed by atoms with Gasteiger partial charge < -0.3 is 4.90 Å². The van der Waals surface area contributed by atoms with E-state index in [1.807, 2.05) is 24.3 Å². The summed E-state index contributed by atoms with van der Waals surface area (Å²) in [5.41, 5.74) is 2.89. The van der Waals surface area contributed by atoms with Gasteiger partial charge in [-0.15, -0.1) is 0 Å². The number of hydrogen-bond acceptors (Lipinski definition) is 3. The number of hydrogen-bond donors (Lipinski definition) is 0. The van der Waals surface area contributed by atoms with E-state index in [2.05, 4.69) is 20.8 Å². The predicted octanol–water partition coefficient (Wildman–Crippen LogP) is 4.10. The maximum Gasteiger partial charge on any atom is 0.269 e. The summed E-state index contributed by atoms with van der Waals surface area (Å²) in [6.07, 6.45) is 0.204. The molecule has 0 aromatic heterocycles. The SMILES string of the molecule is CN(C(=O)Cc1ccc([N+](=O)[O-])cc1)c1ccc(C(C)(C)C)cc1. The lowest BCUT2D eigenvalue weighted by Gasteiger charge is -2.22. The molecular formula is C19H22N2O3. The van der Waals surface area contributed by atoms with Crippen molar-refractivity contribution in [1.82, 2.24) is 0 Å². The number of non-ortho nitro benzene ring substituents is 1. The number of carbonyl (C=O) groups is 1. The van der Waals surface area contributed by atoms with Crippen molar-refractivity contribution in [2.24, 2.45) is 0 Å². The largest absolute Gasteiger partial charge is 0.315 e. The third kappa shape index (κ3) is 4.19. The number of nitro benzene ring substituents is 1. The van der Waals surface area contributed by atoms with Crippen molar-refractivity contribution in [1.29, 1.82) is 0 Å². The molecule has 2 aromatic carbocycles. The smallest absolute Gasteiger partial charge is 0.269 e. The summed E-state index contributed by atoms with van der Waals surface area (Å²) in [7, 11) is 1.74. The van der Waals surface area contributed by atoms with E-state index in [-0.39, 0.29) is 23.4 Å². The molecule has 24 heavy (non-hydrogen) atoms. The average Bonchev–Trinajstić information content (AvgIpc) is 2.54. The number of rotatable bonds is 4. The number of nitrogens with zero attached hydrogens (tertiary/aromatic N) is 2. The molecule has 0 heterocycles. The zero-order chi connectivity index (χ0) is 17.9. The van der Waals surface area contributed by atoms with Crippen molar-refractivity contribution in [2.45, 2.75) is 32.6 Å². The van der Waals surface area contributed by atoms with Gasteiger partial charge in [-0.05, 0) is 28.7 Å². The molecule has 0 atom stereocenters.